The number of hydrogen-bond donors (Lipinski definition) is 0. The van der Waals surface area contributed by atoms with Crippen LogP contribution in [0, 0.1) is 10.1 Å². The highest BCUT2D eigenvalue weighted by Crippen LogP contribution is 2.32. The van der Waals surface area contributed by atoms with Crippen LogP contribution in [0.5, 0.6) is 11.5 Å². The SMILES string of the molecule is CCOc1cc(/C=C2\N=C(c3cc([N+](=O)[O-])ccc3Cl)OC2=O)ccc1OC(=O)c1ccccc1. The first-order valence-electron chi connectivity index (χ1n) is 10.4. The molecule has 3 aromatic rings. The Labute approximate surface area is 204 Å². The van der Waals surface area contributed by atoms with E-state index in [-0.39, 0.29) is 33.6 Å². The molecule has 176 valence electrons. The molecule has 0 aromatic heterocycles. The number of non-ortho nitro benzene ring substituents is 1. The smallest absolute Gasteiger partial charge is 0.363 e. The van der Waals surface area contributed by atoms with Crippen LogP contribution in [0.15, 0.2) is 77.4 Å². The van der Waals surface area contributed by atoms with Gasteiger partial charge in [0.05, 0.1) is 27.7 Å². The normalized spacial score (nSPS) is 13.8. The van der Waals surface area contributed by atoms with Gasteiger partial charge < -0.3 is 14.2 Å². The molecule has 0 N–H and O–H groups in total. The molecular weight excluding hydrogens is 476 g/mol. The van der Waals surface area contributed by atoms with E-state index in [0.29, 0.717) is 23.5 Å². The van der Waals surface area contributed by atoms with Gasteiger partial charge in [0.1, 0.15) is 0 Å². The number of esters is 2. The van der Waals surface area contributed by atoms with Crippen molar-refractivity contribution in [3.63, 3.8) is 0 Å². The van der Waals surface area contributed by atoms with E-state index >= 15 is 0 Å². The Morgan fingerprint density at radius 1 is 1.11 bits per heavy atom. The van der Waals surface area contributed by atoms with Gasteiger partial charge in [-0.1, -0.05) is 35.9 Å². The van der Waals surface area contributed by atoms with Crippen LogP contribution in [0.2, 0.25) is 5.02 Å². The molecular formula is C25H17ClN2O7. The number of benzene rings is 3. The molecule has 0 radical (unpaired) electrons. The molecule has 0 fully saturated rings. The second-order valence-corrected chi connectivity index (χ2v) is 7.56. The lowest BCUT2D eigenvalue weighted by Gasteiger charge is -2.11. The standard InChI is InChI=1S/C25H17ClN2O7/c1-2-33-22-13-15(8-11-21(22)34-24(29)16-6-4-3-5-7-16)12-20-25(30)35-23(27-20)18-14-17(28(31)32)9-10-19(18)26/h3-14H,2H2,1H3/b20-12-. The lowest BCUT2D eigenvalue weighted by molar-refractivity contribution is -0.384. The number of halogens is 1. The van der Waals surface area contributed by atoms with Crippen molar-refractivity contribution in [2.24, 2.45) is 4.99 Å². The number of cyclic esters (lactones) is 1. The van der Waals surface area contributed by atoms with Gasteiger partial charge in [0.2, 0.25) is 5.90 Å². The topological polar surface area (TPSA) is 117 Å². The summed E-state index contributed by atoms with van der Waals surface area (Å²) >= 11 is 6.12. The first-order valence-corrected chi connectivity index (χ1v) is 10.7. The summed E-state index contributed by atoms with van der Waals surface area (Å²) in [6.45, 7) is 2.09. The molecule has 35 heavy (non-hydrogen) atoms. The summed E-state index contributed by atoms with van der Waals surface area (Å²) in [4.78, 5) is 39.4. The van der Waals surface area contributed by atoms with Crippen molar-refractivity contribution in [3.05, 3.63) is 104 Å². The number of nitro groups is 1. The Balaban J connectivity index is 1.62. The van der Waals surface area contributed by atoms with Gasteiger partial charge in [0, 0.05) is 12.1 Å². The summed E-state index contributed by atoms with van der Waals surface area (Å²) in [7, 11) is 0. The van der Waals surface area contributed by atoms with Crippen LogP contribution >= 0.6 is 11.6 Å². The van der Waals surface area contributed by atoms with Crippen molar-refractivity contribution >= 4 is 41.2 Å². The van der Waals surface area contributed by atoms with Gasteiger partial charge in [-0.15, -0.1) is 0 Å². The summed E-state index contributed by atoms with van der Waals surface area (Å²) in [6.07, 6.45) is 1.45. The average Bonchev–Trinajstić information content (AvgIpc) is 3.21. The highest BCUT2D eigenvalue weighted by Gasteiger charge is 2.27. The van der Waals surface area contributed by atoms with Crippen LogP contribution in [0.3, 0.4) is 0 Å². The lowest BCUT2D eigenvalue weighted by atomic mass is 10.1. The first kappa shape index (κ1) is 23.7. The first-order chi connectivity index (χ1) is 16.9. The van der Waals surface area contributed by atoms with E-state index in [9.17, 15) is 19.7 Å². The molecule has 0 spiro atoms. The van der Waals surface area contributed by atoms with Crippen molar-refractivity contribution < 1.29 is 28.7 Å². The van der Waals surface area contributed by atoms with Gasteiger partial charge in [-0.05, 0) is 48.9 Å². The monoisotopic (exact) mass is 492 g/mol. The predicted octanol–water partition coefficient (Wildman–Crippen LogP) is 5.21. The number of nitro benzene ring substituents is 1. The highest BCUT2D eigenvalue weighted by molar-refractivity contribution is 6.34. The molecule has 0 bridgehead atoms. The molecule has 9 nitrogen and oxygen atoms in total. The molecule has 1 aliphatic heterocycles. The van der Waals surface area contributed by atoms with Gasteiger partial charge in [0.15, 0.2) is 17.2 Å². The van der Waals surface area contributed by atoms with Crippen LogP contribution < -0.4 is 9.47 Å². The molecule has 0 amide bonds. The fourth-order valence-corrected chi connectivity index (χ4v) is 3.37. The summed E-state index contributed by atoms with van der Waals surface area (Å²) in [5, 5.41) is 11.2. The molecule has 1 heterocycles. The second kappa shape index (κ2) is 10.2. The van der Waals surface area contributed by atoms with E-state index in [0.717, 1.165) is 0 Å². The van der Waals surface area contributed by atoms with Crippen LogP contribution in [-0.4, -0.2) is 29.4 Å². The minimum absolute atomic E-state index is 0.0425. The third kappa shape index (κ3) is 5.36. The Morgan fingerprint density at radius 3 is 2.60 bits per heavy atom. The average molecular weight is 493 g/mol. The summed E-state index contributed by atoms with van der Waals surface area (Å²) in [5.41, 5.74) is 0.768. The number of hydrogen-bond acceptors (Lipinski definition) is 8. The Hall–Kier alpha value is -4.50. The number of carbonyl (C=O) groups excluding carboxylic acids is 2. The molecule has 1 aliphatic rings. The van der Waals surface area contributed by atoms with E-state index < -0.39 is 16.9 Å². The maximum Gasteiger partial charge on any atom is 0.363 e. The van der Waals surface area contributed by atoms with E-state index in [1.165, 1.54) is 24.3 Å². The second-order valence-electron chi connectivity index (χ2n) is 7.15. The Morgan fingerprint density at radius 2 is 1.89 bits per heavy atom. The molecule has 10 heteroatoms. The maximum atomic E-state index is 12.4. The predicted molar refractivity (Wildman–Crippen MR) is 128 cm³/mol. The fourth-order valence-electron chi connectivity index (χ4n) is 3.17. The Kier molecular flexibility index (Phi) is 6.88. The lowest BCUT2D eigenvalue weighted by Crippen LogP contribution is -2.09. The van der Waals surface area contributed by atoms with Crippen LogP contribution in [0.1, 0.15) is 28.4 Å². The molecule has 0 aliphatic carbocycles. The molecule has 0 atom stereocenters. The summed E-state index contributed by atoms with van der Waals surface area (Å²) in [6, 6.07) is 17.0. The number of rotatable bonds is 7. The number of nitrogens with zero attached hydrogens (tertiary/aromatic N) is 2. The van der Waals surface area contributed by atoms with E-state index in [1.54, 1.807) is 55.5 Å². The van der Waals surface area contributed by atoms with Crippen LogP contribution in [0.4, 0.5) is 5.69 Å². The van der Waals surface area contributed by atoms with Crippen molar-refractivity contribution in [1.82, 2.24) is 0 Å². The van der Waals surface area contributed by atoms with E-state index in [4.69, 9.17) is 25.8 Å². The molecule has 0 unspecified atom stereocenters. The third-order valence-corrected chi connectivity index (χ3v) is 5.12. The van der Waals surface area contributed by atoms with Crippen molar-refractivity contribution in [2.75, 3.05) is 6.61 Å². The zero-order chi connectivity index (χ0) is 24.9. The Bertz CT molecular complexity index is 1380. The minimum Gasteiger partial charge on any atom is -0.490 e. The maximum absolute atomic E-state index is 12.4. The quantitative estimate of drug-likeness (QED) is 0.146. The van der Waals surface area contributed by atoms with E-state index in [2.05, 4.69) is 4.99 Å². The van der Waals surface area contributed by atoms with Crippen LogP contribution in [-0.2, 0) is 9.53 Å². The van der Waals surface area contributed by atoms with Gasteiger partial charge in [-0.25, -0.2) is 14.6 Å². The van der Waals surface area contributed by atoms with Crippen molar-refractivity contribution in [3.8, 4) is 11.5 Å². The zero-order valence-electron chi connectivity index (χ0n) is 18.3. The van der Waals surface area contributed by atoms with Gasteiger partial charge in [-0.2, -0.15) is 0 Å². The van der Waals surface area contributed by atoms with Crippen molar-refractivity contribution in [1.29, 1.82) is 0 Å². The summed E-state index contributed by atoms with van der Waals surface area (Å²) < 4.78 is 16.3. The molecule has 3 aromatic carbocycles. The largest absolute Gasteiger partial charge is 0.490 e. The molecule has 0 saturated carbocycles. The zero-order valence-corrected chi connectivity index (χ0v) is 19.0. The van der Waals surface area contributed by atoms with Gasteiger partial charge in [0.25, 0.3) is 5.69 Å². The highest BCUT2D eigenvalue weighted by atomic mass is 35.5. The number of ether oxygens (including phenoxy) is 3. The van der Waals surface area contributed by atoms with Crippen LogP contribution in [0.25, 0.3) is 6.08 Å². The number of aliphatic imine (C=N–C) groups is 1. The number of carbonyl (C=O) groups is 2. The fraction of sp³-hybridized carbons (Fsp3) is 0.0800. The summed E-state index contributed by atoms with van der Waals surface area (Å²) in [5.74, 6) is -0.929. The van der Waals surface area contributed by atoms with Gasteiger partial charge in [-0.3, -0.25) is 10.1 Å². The third-order valence-electron chi connectivity index (χ3n) is 4.79. The molecule has 4 rings (SSSR count). The minimum atomic E-state index is -0.750. The van der Waals surface area contributed by atoms with E-state index in [1.807, 2.05) is 0 Å². The van der Waals surface area contributed by atoms with Gasteiger partial charge >= 0.3 is 11.9 Å². The van der Waals surface area contributed by atoms with Crippen molar-refractivity contribution in [2.45, 2.75) is 6.92 Å². The molecule has 0 saturated heterocycles.